The number of benzene rings is 1. The average Bonchev–Trinajstić information content (AvgIpc) is 2.99. The van der Waals surface area contributed by atoms with Crippen LogP contribution in [0.5, 0.6) is 5.75 Å². The van der Waals surface area contributed by atoms with Gasteiger partial charge in [0.05, 0.1) is 12.6 Å². The summed E-state index contributed by atoms with van der Waals surface area (Å²) in [6.07, 6.45) is 0.528. The first kappa shape index (κ1) is 11.3. The Hall–Kier alpha value is -1.16. The maximum atomic E-state index is 13.7. The molecule has 0 saturated heterocycles. The van der Waals surface area contributed by atoms with E-state index in [0.29, 0.717) is 24.2 Å². The van der Waals surface area contributed by atoms with Gasteiger partial charge in [-0.2, -0.15) is 0 Å². The van der Waals surface area contributed by atoms with Gasteiger partial charge in [-0.15, -0.1) is 0 Å². The fourth-order valence-corrected chi connectivity index (χ4v) is 1.68. The first-order chi connectivity index (χ1) is 7.47. The van der Waals surface area contributed by atoms with Gasteiger partial charge >= 0.3 is 0 Å². The van der Waals surface area contributed by atoms with E-state index in [0.717, 1.165) is 0 Å². The third kappa shape index (κ3) is 2.02. The molecule has 1 aliphatic carbocycles. The van der Waals surface area contributed by atoms with Crippen molar-refractivity contribution in [2.24, 2.45) is 5.73 Å². The lowest BCUT2D eigenvalue weighted by Gasteiger charge is -2.23. The van der Waals surface area contributed by atoms with Gasteiger partial charge in [-0.3, -0.25) is 0 Å². The van der Waals surface area contributed by atoms with E-state index < -0.39 is 11.5 Å². The summed E-state index contributed by atoms with van der Waals surface area (Å²) in [6.45, 7) is 0. The Labute approximate surface area is 93.4 Å². The van der Waals surface area contributed by atoms with Crippen LogP contribution in [0.4, 0.5) is 8.78 Å². The van der Waals surface area contributed by atoms with E-state index in [9.17, 15) is 8.78 Å². The molecule has 1 aromatic carbocycles. The molecule has 2 rings (SSSR count). The minimum Gasteiger partial charge on any atom is -0.497 e. The van der Waals surface area contributed by atoms with E-state index in [4.69, 9.17) is 10.5 Å². The van der Waals surface area contributed by atoms with Gasteiger partial charge in [-0.1, -0.05) is 12.1 Å². The molecule has 0 amide bonds. The number of hydrogen-bond donors (Lipinski definition) is 1. The van der Waals surface area contributed by atoms with Gasteiger partial charge in [0.2, 0.25) is 0 Å². The molecule has 2 N–H and O–H groups in total. The summed E-state index contributed by atoms with van der Waals surface area (Å²) in [5.41, 5.74) is 4.87. The highest BCUT2D eigenvalue weighted by Gasteiger charge is 2.58. The predicted octanol–water partition coefficient (Wildman–Crippen LogP) is 2.36. The molecule has 88 valence electrons. The fourth-order valence-electron chi connectivity index (χ4n) is 1.68. The van der Waals surface area contributed by atoms with Gasteiger partial charge in [0.25, 0.3) is 5.92 Å². The van der Waals surface area contributed by atoms with E-state index >= 15 is 0 Å². The van der Waals surface area contributed by atoms with Gasteiger partial charge in [0, 0.05) is 6.42 Å². The Morgan fingerprint density at radius 2 is 1.88 bits per heavy atom. The van der Waals surface area contributed by atoms with Crippen LogP contribution in [0, 0.1) is 0 Å². The van der Waals surface area contributed by atoms with Crippen LogP contribution in [0.3, 0.4) is 0 Å². The molecule has 4 heteroatoms. The van der Waals surface area contributed by atoms with Crippen LogP contribution < -0.4 is 10.5 Å². The fraction of sp³-hybridized carbons (Fsp3) is 0.500. The monoisotopic (exact) mass is 227 g/mol. The van der Waals surface area contributed by atoms with Crippen LogP contribution in [-0.4, -0.2) is 18.6 Å². The van der Waals surface area contributed by atoms with Crippen molar-refractivity contribution in [1.82, 2.24) is 0 Å². The van der Waals surface area contributed by atoms with E-state index in [1.165, 1.54) is 0 Å². The first-order valence-electron chi connectivity index (χ1n) is 5.26. The van der Waals surface area contributed by atoms with Gasteiger partial charge in [0.15, 0.2) is 0 Å². The van der Waals surface area contributed by atoms with Gasteiger partial charge in [-0.25, -0.2) is 8.78 Å². The summed E-state index contributed by atoms with van der Waals surface area (Å²) in [5.74, 6) is -2.15. The van der Waals surface area contributed by atoms with E-state index in [-0.39, 0.29) is 6.42 Å². The highest BCUT2D eigenvalue weighted by molar-refractivity contribution is 5.29. The van der Waals surface area contributed by atoms with Gasteiger partial charge in [-0.05, 0) is 30.5 Å². The summed E-state index contributed by atoms with van der Waals surface area (Å²) < 4.78 is 32.4. The smallest absolute Gasteiger partial charge is 0.269 e. The molecule has 0 bridgehead atoms. The molecule has 16 heavy (non-hydrogen) atoms. The minimum absolute atomic E-state index is 0.298. The summed E-state index contributed by atoms with van der Waals surface area (Å²) in [4.78, 5) is 0. The van der Waals surface area contributed by atoms with Crippen LogP contribution in [0.25, 0.3) is 0 Å². The van der Waals surface area contributed by atoms with Crippen LogP contribution in [-0.2, 0) is 6.42 Å². The molecule has 0 aromatic heterocycles. The van der Waals surface area contributed by atoms with Crippen molar-refractivity contribution in [2.75, 3.05) is 7.11 Å². The second-order valence-electron chi connectivity index (χ2n) is 4.39. The van der Waals surface area contributed by atoms with Crippen LogP contribution >= 0.6 is 0 Å². The molecule has 0 spiro atoms. The van der Waals surface area contributed by atoms with Crippen molar-refractivity contribution < 1.29 is 13.5 Å². The minimum atomic E-state index is -2.82. The molecule has 0 heterocycles. The van der Waals surface area contributed by atoms with Crippen molar-refractivity contribution in [3.8, 4) is 5.75 Å². The molecular weight excluding hydrogens is 212 g/mol. The number of methoxy groups -OCH3 is 1. The lowest BCUT2D eigenvalue weighted by atomic mass is 10.00. The van der Waals surface area contributed by atoms with Crippen LogP contribution in [0.15, 0.2) is 24.3 Å². The third-order valence-corrected chi connectivity index (χ3v) is 3.10. The Balaban J connectivity index is 2.08. The summed E-state index contributed by atoms with van der Waals surface area (Å²) in [6, 6.07) is 6.67. The van der Waals surface area contributed by atoms with Crippen molar-refractivity contribution in [2.45, 2.75) is 30.7 Å². The average molecular weight is 227 g/mol. The third-order valence-electron chi connectivity index (χ3n) is 3.10. The van der Waals surface area contributed by atoms with Crippen molar-refractivity contribution in [3.63, 3.8) is 0 Å². The van der Waals surface area contributed by atoms with Crippen molar-refractivity contribution in [1.29, 1.82) is 0 Å². The zero-order valence-electron chi connectivity index (χ0n) is 9.17. The summed E-state index contributed by atoms with van der Waals surface area (Å²) in [5, 5.41) is 0. The van der Waals surface area contributed by atoms with Crippen LogP contribution in [0.1, 0.15) is 18.4 Å². The first-order valence-corrected chi connectivity index (χ1v) is 5.26. The maximum Gasteiger partial charge on any atom is 0.269 e. The van der Waals surface area contributed by atoms with Crippen molar-refractivity contribution in [3.05, 3.63) is 29.8 Å². The molecule has 1 fully saturated rings. The summed E-state index contributed by atoms with van der Waals surface area (Å²) in [7, 11) is 1.54. The van der Waals surface area contributed by atoms with Crippen LogP contribution in [0.2, 0.25) is 0 Å². The van der Waals surface area contributed by atoms with E-state index in [1.807, 2.05) is 0 Å². The molecule has 1 aliphatic rings. The number of halogens is 2. The summed E-state index contributed by atoms with van der Waals surface area (Å²) >= 11 is 0. The Bertz CT molecular complexity index is 371. The molecule has 1 saturated carbocycles. The topological polar surface area (TPSA) is 35.2 Å². The predicted molar refractivity (Wildman–Crippen MR) is 57.8 cm³/mol. The molecular formula is C12H15F2NO. The molecule has 2 nitrogen and oxygen atoms in total. The number of nitrogens with two attached hydrogens (primary N) is 1. The molecule has 0 radical (unpaired) electrons. The SMILES string of the molecule is COc1ccc(CC(F)(F)C2(N)CC2)cc1. The zero-order chi connectivity index (χ0) is 11.8. The quantitative estimate of drug-likeness (QED) is 0.857. The number of hydrogen-bond acceptors (Lipinski definition) is 2. The molecule has 0 atom stereocenters. The second-order valence-corrected chi connectivity index (χ2v) is 4.39. The normalized spacial score (nSPS) is 18.2. The van der Waals surface area contributed by atoms with Gasteiger partial charge in [0.1, 0.15) is 5.75 Å². The Morgan fingerprint density at radius 1 is 1.31 bits per heavy atom. The Morgan fingerprint density at radius 3 is 2.31 bits per heavy atom. The number of ether oxygens (including phenoxy) is 1. The largest absolute Gasteiger partial charge is 0.497 e. The standard InChI is InChI=1S/C12H15F2NO/c1-16-10-4-2-9(3-5-10)8-12(13,14)11(15)6-7-11/h2-5H,6-8,15H2,1H3. The number of alkyl halides is 2. The van der Waals surface area contributed by atoms with E-state index in [2.05, 4.69) is 0 Å². The number of rotatable bonds is 4. The molecule has 0 unspecified atom stereocenters. The van der Waals surface area contributed by atoms with E-state index in [1.54, 1.807) is 31.4 Å². The van der Waals surface area contributed by atoms with Gasteiger partial charge < -0.3 is 10.5 Å². The molecule has 0 aliphatic heterocycles. The Kier molecular flexibility index (Phi) is 2.62. The highest BCUT2D eigenvalue weighted by atomic mass is 19.3. The highest BCUT2D eigenvalue weighted by Crippen LogP contribution is 2.47. The lowest BCUT2D eigenvalue weighted by Crippen LogP contribution is -2.45. The van der Waals surface area contributed by atoms with Crippen molar-refractivity contribution >= 4 is 0 Å². The second kappa shape index (κ2) is 3.70. The molecule has 1 aromatic rings. The maximum absolute atomic E-state index is 13.7. The lowest BCUT2D eigenvalue weighted by molar-refractivity contribution is -0.0350. The zero-order valence-corrected chi connectivity index (χ0v) is 9.17.